The number of hydrogen-bond acceptors (Lipinski definition) is 13. The standard InChI is InChI=1S/C2H2O4.CH2O3.3Ca.Na.H4O7P2/c3-1(4)2(5)6;2-1(3)4;;;;;1-8(2,3)7-9(4,5)6/h(H,3,4)(H,5,6);(H2,2,3,4);;;;;(H2,1,2,3)(H2,4,5,6)/q;;3*+2;+1;/p-7. The third kappa shape index (κ3) is 77.7. The predicted molar refractivity (Wildman–Crippen MR) is 51.2 cm³/mol. The van der Waals surface area contributed by atoms with E-state index in [0.29, 0.717) is 0 Å². The van der Waals surface area contributed by atoms with Gasteiger partial charge in [-0.15, -0.1) is 0 Å². The van der Waals surface area contributed by atoms with Gasteiger partial charge in [0, 0.05) is 0 Å². The maximum Gasteiger partial charge on any atom is 2.00 e. The topological polar surface area (TPSA) is 276 Å². The van der Waals surface area contributed by atoms with Gasteiger partial charge in [0.05, 0.1) is 19.8 Å². The Morgan fingerprint density at radius 1 is 0.783 bits per heavy atom. The molecule has 1 N–H and O–H groups in total. The van der Waals surface area contributed by atoms with Crippen molar-refractivity contribution in [3.63, 3.8) is 0 Å². The van der Waals surface area contributed by atoms with E-state index in [-0.39, 0.29) is 143 Å². The maximum absolute atomic E-state index is 9.44. The van der Waals surface area contributed by atoms with Gasteiger partial charge in [0.1, 0.15) is 0 Å². The first-order chi connectivity index (χ1) is 8.08. The van der Waals surface area contributed by atoms with Crippen molar-refractivity contribution in [2.24, 2.45) is 0 Å². The molecule has 0 aromatic rings. The summed E-state index contributed by atoms with van der Waals surface area (Å²) in [6.45, 7) is 0. The van der Waals surface area contributed by atoms with Crippen LogP contribution in [0.2, 0.25) is 0 Å². The van der Waals surface area contributed by atoms with Gasteiger partial charge in [-0.05, 0) is 6.16 Å². The first-order valence-electron chi connectivity index (χ1n) is 3.16. The van der Waals surface area contributed by atoms with E-state index in [9.17, 15) is 23.8 Å². The normalized spacial score (nSPS) is 10.4. The summed E-state index contributed by atoms with van der Waals surface area (Å²) in [6, 6.07) is 0. The van der Waals surface area contributed by atoms with Crippen molar-refractivity contribution in [2.75, 3.05) is 0 Å². The van der Waals surface area contributed by atoms with E-state index in [1.165, 1.54) is 0 Å². The SMILES string of the molecule is O=C([O-])C(=O)[O-].O=C([O-])[O-].O=P([O-])([O-])OP(=O)([O-])O.[Ca+2].[Ca+2].[Ca+2].[Na+]. The molecule has 0 saturated carbocycles. The average molecular weight is 466 g/mol. The Labute approximate surface area is 239 Å². The summed E-state index contributed by atoms with van der Waals surface area (Å²) in [4.78, 5) is 61.9. The van der Waals surface area contributed by atoms with E-state index < -0.39 is 33.7 Å². The van der Waals surface area contributed by atoms with Gasteiger partial charge in [0.2, 0.25) is 0 Å². The Hall–Kier alpha value is 3.25. The van der Waals surface area contributed by atoms with Crippen LogP contribution in [0.5, 0.6) is 0 Å². The van der Waals surface area contributed by atoms with Crippen LogP contribution in [0, 0.1) is 0 Å². The van der Waals surface area contributed by atoms with Gasteiger partial charge in [-0.25, -0.2) is 0 Å². The molecule has 0 bridgehead atoms. The second-order valence-electron chi connectivity index (χ2n) is 1.82. The van der Waals surface area contributed by atoms with Crippen LogP contribution in [-0.4, -0.2) is 136 Å². The zero-order chi connectivity index (χ0) is 16.4. The van der Waals surface area contributed by atoms with Gasteiger partial charge >= 0.3 is 143 Å². The molecule has 0 saturated heterocycles. The van der Waals surface area contributed by atoms with Crippen LogP contribution < -0.4 is 64.7 Å². The van der Waals surface area contributed by atoms with Crippen molar-refractivity contribution >= 4 is 147 Å². The van der Waals surface area contributed by atoms with Crippen molar-refractivity contribution in [2.45, 2.75) is 0 Å². The van der Waals surface area contributed by atoms with Crippen molar-refractivity contribution in [3.05, 3.63) is 0 Å². The number of rotatable bonds is 2. The quantitative estimate of drug-likeness (QED) is 0.225. The van der Waals surface area contributed by atoms with Crippen LogP contribution in [0.25, 0.3) is 0 Å². The summed E-state index contributed by atoms with van der Waals surface area (Å²) >= 11 is 0. The van der Waals surface area contributed by atoms with Gasteiger partial charge in [0.15, 0.2) is 0 Å². The monoisotopic (exact) mass is 466 g/mol. The Morgan fingerprint density at radius 2 is 0.957 bits per heavy atom. The number of carboxylic acids is 2. The fraction of sp³-hybridized carbons (Fsp3) is 0. The molecule has 0 aliphatic carbocycles. The molecule has 14 nitrogen and oxygen atoms in total. The molecule has 0 fully saturated rings. The molecule has 0 rings (SSSR count). The summed E-state index contributed by atoms with van der Waals surface area (Å²) in [6.07, 6.45) is -2.33. The average Bonchev–Trinajstić information content (AvgIpc) is 1.95. The molecule has 0 amide bonds. The van der Waals surface area contributed by atoms with Crippen molar-refractivity contribution in [1.29, 1.82) is 0 Å². The predicted octanol–water partition coefficient (Wildman–Crippen LogP) is -12.8. The summed E-state index contributed by atoms with van der Waals surface area (Å²) < 4.78 is 21.4. The number of carbonyl (C=O) groups excluding carboxylic acids is 3. The molecule has 0 aliphatic rings. The molecule has 1 atom stereocenters. The molecule has 0 aromatic heterocycles. The van der Waals surface area contributed by atoms with E-state index in [0.717, 1.165) is 0 Å². The van der Waals surface area contributed by atoms with Gasteiger partial charge in [-0.2, -0.15) is 0 Å². The van der Waals surface area contributed by atoms with E-state index in [1.807, 2.05) is 0 Å². The molecule has 23 heavy (non-hydrogen) atoms. The smallest absolute Gasteiger partial charge is 0.790 e. The van der Waals surface area contributed by atoms with Gasteiger partial charge in [-0.3, -0.25) is 8.88 Å². The zero-order valence-electron chi connectivity index (χ0n) is 11.3. The van der Waals surface area contributed by atoms with E-state index in [2.05, 4.69) is 4.31 Å². The van der Waals surface area contributed by atoms with Crippen molar-refractivity contribution in [3.8, 4) is 0 Å². The molecule has 0 heterocycles. The first-order valence-corrected chi connectivity index (χ1v) is 6.11. The molecular weight excluding hydrogens is 465 g/mol. The molecule has 0 radical (unpaired) electrons. The molecule has 0 aliphatic heterocycles. The maximum atomic E-state index is 9.44. The van der Waals surface area contributed by atoms with E-state index in [4.69, 9.17) is 39.7 Å². The molecule has 1 unspecified atom stereocenters. The number of hydrogen-bond donors (Lipinski definition) is 1. The second-order valence-corrected chi connectivity index (χ2v) is 4.31. The number of carboxylic acid groups (broad SMARTS) is 4. The molecule has 20 heteroatoms. The van der Waals surface area contributed by atoms with Crippen LogP contribution >= 0.6 is 15.6 Å². The number of phosphoric acid groups is 2. The van der Waals surface area contributed by atoms with Crippen molar-refractivity contribution < 1.29 is 97.4 Å². The third-order valence-electron chi connectivity index (χ3n) is 0.370. The van der Waals surface area contributed by atoms with E-state index in [1.54, 1.807) is 0 Å². The van der Waals surface area contributed by atoms with Gasteiger partial charge < -0.3 is 58.9 Å². The van der Waals surface area contributed by atoms with Gasteiger partial charge in [0.25, 0.3) is 7.82 Å². The molecule has 114 valence electrons. The summed E-state index contributed by atoms with van der Waals surface area (Å²) in [7, 11) is -11.0. The molecule has 0 spiro atoms. The van der Waals surface area contributed by atoms with Crippen LogP contribution in [-0.2, 0) is 23.0 Å². The first kappa shape index (κ1) is 45.2. The third-order valence-corrected chi connectivity index (χ3v) is 2.00. The largest absolute Gasteiger partial charge is 2.00 e. The fourth-order valence-electron chi connectivity index (χ4n) is 0.126. The molecular formula is C3HCa3NaO14P2. The minimum Gasteiger partial charge on any atom is -0.790 e. The van der Waals surface area contributed by atoms with Crippen LogP contribution in [0.4, 0.5) is 4.79 Å². The zero-order valence-corrected chi connectivity index (χ0v) is 21.7. The van der Waals surface area contributed by atoms with Crippen LogP contribution in [0.1, 0.15) is 0 Å². The Morgan fingerprint density at radius 3 is 0.957 bits per heavy atom. The summed E-state index contributed by atoms with van der Waals surface area (Å²) in [5.41, 5.74) is 0. The fourth-order valence-corrected chi connectivity index (χ4v) is 1.14. The number of aliphatic carboxylic acids is 2. The second kappa shape index (κ2) is 23.3. The summed E-state index contributed by atoms with van der Waals surface area (Å²) in [5.74, 6) is -4.37. The van der Waals surface area contributed by atoms with Crippen LogP contribution in [0.3, 0.4) is 0 Å². The minimum absolute atomic E-state index is 0. The van der Waals surface area contributed by atoms with Crippen LogP contribution in [0.15, 0.2) is 0 Å². The minimum atomic E-state index is -5.61. The van der Waals surface area contributed by atoms with E-state index >= 15 is 0 Å². The van der Waals surface area contributed by atoms with Crippen molar-refractivity contribution in [1.82, 2.24) is 0 Å². The molecule has 0 aromatic carbocycles. The Bertz CT molecular complexity index is 379. The van der Waals surface area contributed by atoms with Gasteiger partial charge in [-0.1, -0.05) is 0 Å². The number of carbonyl (C=O) groups is 3. The Balaban J connectivity index is -0.0000000328. The summed E-state index contributed by atoms with van der Waals surface area (Å²) in [5, 5.41) is 34.5. The Kier molecular flexibility index (Phi) is 45.7.